The first-order valence-electron chi connectivity index (χ1n) is 9.16. The molecule has 132 valence electrons. The highest BCUT2D eigenvalue weighted by Crippen LogP contribution is 2.12. The van der Waals surface area contributed by atoms with Crippen molar-refractivity contribution in [2.45, 2.75) is 96.8 Å². The third-order valence-electron chi connectivity index (χ3n) is 3.93. The Hall–Kier alpha value is -0.350. The van der Waals surface area contributed by atoms with Crippen LogP contribution in [0.4, 0.5) is 0 Å². The molecule has 0 saturated heterocycles. The summed E-state index contributed by atoms with van der Waals surface area (Å²) < 4.78 is 29.6. The molecular formula is C18H36O3S. The lowest BCUT2D eigenvalue weighted by atomic mass is 10.0. The van der Waals surface area contributed by atoms with Gasteiger partial charge in [-0.1, -0.05) is 89.7 Å². The second-order valence-electron chi connectivity index (χ2n) is 6.22. The number of allylic oxidation sites excluding steroid dienone is 2. The number of unbranched alkanes of at least 4 members (excludes halogenated alkanes) is 12. The van der Waals surface area contributed by atoms with E-state index in [2.05, 4.69) is 6.92 Å². The molecule has 0 bridgehead atoms. The zero-order valence-electron chi connectivity index (χ0n) is 14.4. The van der Waals surface area contributed by atoms with Crippen molar-refractivity contribution in [3.8, 4) is 0 Å². The van der Waals surface area contributed by atoms with Crippen LogP contribution in [-0.2, 0) is 10.1 Å². The molecule has 0 amide bonds. The highest BCUT2D eigenvalue weighted by atomic mass is 32.2. The van der Waals surface area contributed by atoms with Gasteiger partial charge in [-0.05, 0) is 19.3 Å². The van der Waals surface area contributed by atoms with E-state index in [4.69, 9.17) is 4.55 Å². The molecule has 0 fully saturated rings. The first-order valence-corrected chi connectivity index (χ1v) is 10.8. The van der Waals surface area contributed by atoms with Crippen LogP contribution in [0, 0.1) is 0 Å². The summed E-state index contributed by atoms with van der Waals surface area (Å²) in [6.07, 6.45) is 21.5. The minimum Gasteiger partial charge on any atom is -0.286 e. The molecule has 1 N–H and O–H groups in total. The lowest BCUT2D eigenvalue weighted by Gasteiger charge is -2.02. The van der Waals surface area contributed by atoms with Crippen molar-refractivity contribution in [1.29, 1.82) is 0 Å². The fourth-order valence-corrected chi connectivity index (χ4v) is 2.99. The van der Waals surface area contributed by atoms with Crippen molar-refractivity contribution in [3.63, 3.8) is 0 Å². The van der Waals surface area contributed by atoms with Gasteiger partial charge < -0.3 is 0 Å². The molecule has 22 heavy (non-hydrogen) atoms. The number of hydrogen-bond donors (Lipinski definition) is 1. The highest BCUT2D eigenvalue weighted by Gasteiger charge is 2.00. The van der Waals surface area contributed by atoms with E-state index in [9.17, 15) is 8.42 Å². The van der Waals surface area contributed by atoms with Gasteiger partial charge in [0.25, 0.3) is 10.1 Å². The summed E-state index contributed by atoms with van der Waals surface area (Å²) in [5.41, 5.74) is 0. The van der Waals surface area contributed by atoms with Crippen molar-refractivity contribution in [1.82, 2.24) is 0 Å². The minimum absolute atomic E-state index is 0.165. The maximum absolute atomic E-state index is 10.5. The van der Waals surface area contributed by atoms with E-state index < -0.39 is 10.1 Å². The van der Waals surface area contributed by atoms with Gasteiger partial charge in [0.15, 0.2) is 0 Å². The Labute approximate surface area is 138 Å². The molecule has 0 unspecified atom stereocenters. The van der Waals surface area contributed by atoms with E-state index in [0.717, 1.165) is 6.42 Å². The molecule has 3 nitrogen and oxygen atoms in total. The Morgan fingerprint density at radius 1 is 0.682 bits per heavy atom. The Morgan fingerprint density at radius 2 is 1.09 bits per heavy atom. The van der Waals surface area contributed by atoms with Crippen molar-refractivity contribution < 1.29 is 13.0 Å². The van der Waals surface area contributed by atoms with E-state index in [0.29, 0.717) is 6.42 Å². The van der Waals surface area contributed by atoms with E-state index >= 15 is 0 Å². The quantitative estimate of drug-likeness (QED) is 0.217. The zero-order valence-corrected chi connectivity index (χ0v) is 15.2. The molecule has 0 rings (SSSR count). The minimum atomic E-state index is -3.79. The maximum atomic E-state index is 10.5. The normalized spacial score (nSPS) is 12.3. The first kappa shape index (κ1) is 21.6. The van der Waals surface area contributed by atoms with Crippen LogP contribution in [-0.4, -0.2) is 18.7 Å². The summed E-state index contributed by atoms with van der Waals surface area (Å²) in [5.74, 6) is -0.165. The van der Waals surface area contributed by atoms with Crippen LogP contribution in [0.15, 0.2) is 12.2 Å². The predicted molar refractivity (Wildman–Crippen MR) is 95.9 cm³/mol. The molecule has 0 aromatic heterocycles. The second kappa shape index (κ2) is 15.5. The van der Waals surface area contributed by atoms with Crippen LogP contribution >= 0.6 is 0 Å². The van der Waals surface area contributed by atoms with Gasteiger partial charge >= 0.3 is 0 Å². The molecule has 0 heterocycles. The van der Waals surface area contributed by atoms with Crippen LogP contribution in [0.3, 0.4) is 0 Å². The zero-order chi connectivity index (χ0) is 16.5. The lowest BCUT2D eigenvalue weighted by molar-refractivity contribution is 0.483. The van der Waals surface area contributed by atoms with Crippen LogP contribution < -0.4 is 0 Å². The summed E-state index contributed by atoms with van der Waals surface area (Å²) in [5, 5.41) is 0. The van der Waals surface area contributed by atoms with Gasteiger partial charge in [-0.25, -0.2) is 0 Å². The average Bonchev–Trinajstić information content (AvgIpc) is 2.45. The summed E-state index contributed by atoms with van der Waals surface area (Å²) in [6, 6.07) is 0. The van der Waals surface area contributed by atoms with Gasteiger partial charge in [-0.2, -0.15) is 8.42 Å². The summed E-state index contributed by atoms with van der Waals surface area (Å²) in [7, 11) is -3.79. The maximum Gasteiger partial charge on any atom is 0.265 e. The number of hydrogen-bond acceptors (Lipinski definition) is 2. The molecule has 0 aliphatic rings. The molecule has 0 radical (unpaired) electrons. The Kier molecular flexibility index (Phi) is 15.3. The van der Waals surface area contributed by atoms with Gasteiger partial charge in [-0.3, -0.25) is 4.55 Å². The first-order chi connectivity index (χ1) is 10.6. The van der Waals surface area contributed by atoms with Gasteiger partial charge in [0.1, 0.15) is 0 Å². The van der Waals surface area contributed by atoms with Gasteiger partial charge in [0.2, 0.25) is 0 Å². The molecule has 4 heteroatoms. The van der Waals surface area contributed by atoms with Crippen molar-refractivity contribution in [2.24, 2.45) is 0 Å². The van der Waals surface area contributed by atoms with Gasteiger partial charge in [-0.15, -0.1) is 0 Å². The van der Waals surface area contributed by atoms with Crippen LogP contribution in [0.2, 0.25) is 0 Å². The predicted octanol–water partition coefficient (Wildman–Crippen LogP) is 5.91. The number of rotatable bonds is 16. The van der Waals surface area contributed by atoms with E-state index in [1.165, 1.54) is 77.0 Å². The van der Waals surface area contributed by atoms with E-state index in [1.54, 1.807) is 0 Å². The summed E-state index contributed by atoms with van der Waals surface area (Å²) in [6.45, 7) is 2.26. The fraction of sp³-hybridized carbons (Fsp3) is 0.889. The molecule has 0 aliphatic carbocycles. The van der Waals surface area contributed by atoms with E-state index in [-0.39, 0.29) is 5.75 Å². The fourth-order valence-electron chi connectivity index (χ4n) is 2.56. The monoisotopic (exact) mass is 332 g/mol. The molecular weight excluding hydrogens is 296 g/mol. The Balaban J connectivity index is 3.13. The SMILES string of the molecule is CCCCCCCCCCCCCC/C=C/CCS(=O)(=O)O. The smallest absolute Gasteiger partial charge is 0.265 e. The molecule has 0 aromatic rings. The summed E-state index contributed by atoms with van der Waals surface area (Å²) >= 11 is 0. The average molecular weight is 333 g/mol. The molecule has 0 atom stereocenters. The Morgan fingerprint density at radius 3 is 1.55 bits per heavy atom. The van der Waals surface area contributed by atoms with Crippen molar-refractivity contribution in [3.05, 3.63) is 12.2 Å². The lowest BCUT2D eigenvalue weighted by Crippen LogP contribution is -2.01. The third kappa shape index (κ3) is 19.7. The van der Waals surface area contributed by atoms with Crippen LogP contribution in [0.25, 0.3) is 0 Å². The molecule has 0 aliphatic heterocycles. The van der Waals surface area contributed by atoms with Gasteiger partial charge in [0.05, 0.1) is 5.75 Å². The molecule has 0 spiro atoms. The molecule has 0 saturated carbocycles. The third-order valence-corrected chi connectivity index (χ3v) is 4.69. The van der Waals surface area contributed by atoms with Crippen LogP contribution in [0.1, 0.15) is 96.8 Å². The highest BCUT2D eigenvalue weighted by molar-refractivity contribution is 7.85. The van der Waals surface area contributed by atoms with Crippen molar-refractivity contribution >= 4 is 10.1 Å². The topological polar surface area (TPSA) is 54.4 Å². The van der Waals surface area contributed by atoms with Gasteiger partial charge in [0, 0.05) is 0 Å². The summed E-state index contributed by atoms with van der Waals surface area (Å²) in [4.78, 5) is 0. The molecule has 0 aromatic carbocycles. The Bertz CT molecular complexity index is 347. The standard InChI is InChI=1S/C18H36O3S/c1-2-3-4-5-6-7-8-9-10-11-12-13-14-15-16-17-18-22(19,20)21/h15-16H,2-14,17-18H2,1H3,(H,19,20,21)/b16-15+. The van der Waals surface area contributed by atoms with Crippen molar-refractivity contribution in [2.75, 3.05) is 5.75 Å². The van der Waals surface area contributed by atoms with E-state index in [1.807, 2.05) is 12.2 Å². The largest absolute Gasteiger partial charge is 0.286 e. The van der Waals surface area contributed by atoms with Crippen LogP contribution in [0.5, 0.6) is 0 Å². The second-order valence-corrected chi connectivity index (χ2v) is 7.80.